The molecule has 3 rings (SSSR count). The topological polar surface area (TPSA) is 57.7 Å². The Morgan fingerprint density at radius 3 is 2.71 bits per heavy atom. The van der Waals surface area contributed by atoms with E-state index in [1.165, 1.54) is 17.0 Å². The zero-order valence-electron chi connectivity index (χ0n) is 10.7. The largest absolute Gasteiger partial charge is 0.322 e. The second-order valence-corrected chi connectivity index (χ2v) is 6.17. The fraction of sp³-hybridized carbons (Fsp3) is 0.308. The van der Waals surface area contributed by atoms with Crippen LogP contribution < -0.4 is 0 Å². The summed E-state index contributed by atoms with van der Waals surface area (Å²) in [4.78, 5) is 37.2. The molecular weight excluding hydrogens is 363 g/mol. The fourth-order valence-corrected chi connectivity index (χ4v) is 3.24. The maximum absolute atomic E-state index is 14.1. The predicted molar refractivity (Wildman–Crippen MR) is 77.8 cm³/mol. The number of thiol groups is 1. The van der Waals surface area contributed by atoms with Crippen LogP contribution in [-0.2, 0) is 16.1 Å². The summed E-state index contributed by atoms with van der Waals surface area (Å²) in [5, 5.41) is 0. The van der Waals surface area contributed by atoms with E-state index in [1.807, 2.05) is 0 Å². The van der Waals surface area contributed by atoms with Gasteiger partial charge in [-0.15, -0.1) is 0 Å². The summed E-state index contributed by atoms with van der Waals surface area (Å²) in [6.07, 6.45) is 0.365. The van der Waals surface area contributed by atoms with Crippen LogP contribution in [0, 0.1) is 5.82 Å². The maximum atomic E-state index is 14.1. The number of fused-ring (bicyclic) bond motifs is 1. The van der Waals surface area contributed by atoms with Gasteiger partial charge in [0.25, 0.3) is 11.8 Å². The lowest BCUT2D eigenvalue weighted by atomic mass is 10.0. The highest BCUT2D eigenvalue weighted by Crippen LogP contribution is 2.33. The number of halogens is 2. The molecule has 2 aliphatic heterocycles. The van der Waals surface area contributed by atoms with Crippen molar-refractivity contribution in [3.8, 4) is 0 Å². The summed E-state index contributed by atoms with van der Waals surface area (Å²) in [5.74, 6) is -1.83. The molecule has 3 amide bonds. The summed E-state index contributed by atoms with van der Waals surface area (Å²) >= 11 is 6.92. The molecule has 0 aromatic heterocycles. The number of piperidine rings is 1. The Hall–Kier alpha value is -1.41. The third kappa shape index (κ3) is 2.17. The van der Waals surface area contributed by atoms with Gasteiger partial charge >= 0.3 is 0 Å². The van der Waals surface area contributed by atoms with Crippen LogP contribution in [-0.4, -0.2) is 33.0 Å². The molecule has 1 aromatic carbocycles. The van der Waals surface area contributed by atoms with Gasteiger partial charge in [0.1, 0.15) is 11.9 Å². The number of carbonyl (C=O) groups excluding carboxylic acids is 3. The molecule has 0 N–H and O–H groups in total. The first-order chi connectivity index (χ1) is 9.91. The Bertz CT molecular complexity index is 682. The highest BCUT2D eigenvalue weighted by Gasteiger charge is 2.42. The van der Waals surface area contributed by atoms with Gasteiger partial charge in [-0.1, -0.05) is 12.8 Å². The van der Waals surface area contributed by atoms with Crippen LogP contribution in [0.2, 0.25) is 0 Å². The summed E-state index contributed by atoms with van der Waals surface area (Å²) < 4.78 is 15.1. The van der Waals surface area contributed by atoms with E-state index in [0.29, 0.717) is 0 Å². The Labute approximate surface area is 133 Å². The number of carbonyl (C=O) groups is 3. The Kier molecular flexibility index (Phi) is 3.53. The standard InChI is InChI=1S/C13H10BrFN2O3S/c14-8-2-1-6-7(11(8)15)5-16(12(6)19)9-3-4-10(18)17(21)13(9)20/h1-2,9,21H,3-5H2. The summed E-state index contributed by atoms with van der Waals surface area (Å²) in [6, 6.07) is 2.22. The zero-order valence-corrected chi connectivity index (χ0v) is 13.2. The average molecular weight is 373 g/mol. The first kappa shape index (κ1) is 14.5. The smallest absolute Gasteiger partial charge is 0.261 e. The van der Waals surface area contributed by atoms with Crippen molar-refractivity contribution in [3.05, 3.63) is 33.5 Å². The number of hydrogen-bond acceptors (Lipinski definition) is 4. The van der Waals surface area contributed by atoms with Gasteiger partial charge in [0.2, 0.25) is 5.91 Å². The molecule has 110 valence electrons. The van der Waals surface area contributed by atoms with Gasteiger partial charge in [0.15, 0.2) is 0 Å². The first-order valence-electron chi connectivity index (χ1n) is 6.25. The van der Waals surface area contributed by atoms with Gasteiger partial charge in [-0.25, -0.2) is 8.70 Å². The van der Waals surface area contributed by atoms with Gasteiger partial charge in [0, 0.05) is 17.5 Å². The minimum absolute atomic E-state index is 0.0195. The molecule has 1 unspecified atom stereocenters. The highest BCUT2D eigenvalue weighted by atomic mass is 79.9. The minimum Gasteiger partial charge on any atom is -0.322 e. The lowest BCUT2D eigenvalue weighted by Crippen LogP contribution is -2.51. The molecule has 0 saturated carbocycles. The van der Waals surface area contributed by atoms with Crippen molar-refractivity contribution in [2.75, 3.05) is 0 Å². The molecule has 1 atom stereocenters. The van der Waals surface area contributed by atoms with Crippen LogP contribution in [0.3, 0.4) is 0 Å². The number of hydrogen-bond donors (Lipinski definition) is 1. The predicted octanol–water partition coefficient (Wildman–Crippen LogP) is 1.91. The van der Waals surface area contributed by atoms with Gasteiger partial charge in [0.05, 0.1) is 11.0 Å². The SMILES string of the molecule is O=C1CCC(N2Cc3c(ccc(Br)c3F)C2=O)C(=O)N1S. The molecule has 2 aliphatic rings. The average Bonchev–Trinajstić information content (AvgIpc) is 2.79. The monoisotopic (exact) mass is 372 g/mol. The van der Waals surface area contributed by atoms with Crippen LogP contribution in [0.25, 0.3) is 0 Å². The lowest BCUT2D eigenvalue weighted by molar-refractivity contribution is -0.144. The van der Waals surface area contributed by atoms with Crippen LogP contribution in [0.1, 0.15) is 28.8 Å². The number of benzene rings is 1. The van der Waals surface area contributed by atoms with E-state index in [0.717, 1.165) is 4.31 Å². The second-order valence-electron chi connectivity index (χ2n) is 4.92. The second kappa shape index (κ2) is 5.10. The highest BCUT2D eigenvalue weighted by molar-refractivity contribution is 9.10. The maximum Gasteiger partial charge on any atom is 0.261 e. The Balaban J connectivity index is 1.93. The van der Waals surface area contributed by atoms with Gasteiger partial charge < -0.3 is 4.90 Å². The van der Waals surface area contributed by atoms with Gasteiger partial charge in [-0.05, 0) is 34.5 Å². The van der Waals surface area contributed by atoms with Crippen molar-refractivity contribution in [2.24, 2.45) is 0 Å². The lowest BCUT2D eigenvalue weighted by Gasteiger charge is -2.32. The molecule has 0 aliphatic carbocycles. The van der Waals surface area contributed by atoms with Crippen molar-refractivity contribution in [3.63, 3.8) is 0 Å². The first-order valence-corrected chi connectivity index (χ1v) is 7.44. The molecule has 1 aromatic rings. The Morgan fingerprint density at radius 1 is 1.29 bits per heavy atom. The van der Waals surface area contributed by atoms with E-state index in [-0.39, 0.29) is 35.0 Å². The summed E-state index contributed by atoms with van der Waals surface area (Å²) in [6.45, 7) is 0.0195. The summed E-state index contributed by atoms with van der Waals surface area (Å²) in [7, 11) is 0. The Morgan fingerprint density at radius 2 is 2.00 bits per heavy atom. The third-order valence-electron chi connectivity index (χ3n) is 3.75. The number of amides is 3. The zero-order chi connectivity index (χ0) is 15.3. The molecule has 1 fully saturated rings. The van der Waals surface area contributed by atoms with Crippen molar-refractivity contribution in [1.82, 2.24) is 9.21 Å². The quantitative estimate of drug-likeness (QED) is 0.605. The molecule has 0 bridgehead atoms. The number of imide groups is 1. The van der Waals surface area contributed by atoms with E-state index in [2.05, 4.69) is 28.7 Å². The molecule has 21 heavy (non-hydrogen) atoms. The van der Waals surface area contributed by atoms with Crippen molar-refractivity contribution >= 4 is 46.5 Å². The molecule has 1 saturated heterocycles. The van der Waals surface area contributed by atoms with E-state index < -0.39 is 29.6 Å². The van der Waals surface area contributed by atoms with Crippen LogP contribution >= 0.6 is 28.7 Å². The van der Waals surface area contributed by atoms with E-state index >= 15 is 0 Å². The number of nitrogens with zero attached hydrogens (tertiary/aromatic N) is 2. The molecule has 2 heterocycles. The van der Waals surface area contributed by atoms with Crippen molar-refractivity contribution in [1.29, 1.82) is 0 Å². The van der Waals surface area contributed by atoms with Crippen LogP contribution in [0.15, 0.2) is 16.6 Å². The molecule has 0 radical (unpaired) electrons. The summed E-state index contributed by atoms with van der Waals surface area (Å²) in [5.41, 5.74) is 0.524. The van der Waals surface area contributed by atoms with Crippen LogP contribution in [0.4, 0.5) is 4.39 Å². The fourth-order valence-electron chi connectivity index (χ4n) is 2.64. The van der Waals surface area contributed by atoms with E-state index in [4.69, 9.17) is 0 Å². The van der Waals surface area contributed by atoms with Gasteiger partial charge in [-0.3, -0.25) is 14.4 Å². The van der Waals surface area contributed by atoms with Crippen molar-refractivity contribution in [2.45, 2.75) is 25.4 Å². The third-order valence-corrected chi connectivity index (χ3v) is 4.79. The number of rotatable bonds is 1. The minimum atomic E-state index is -0.779. The van der Waals surface area contributed by atoms with E-state index in [9.17, 15) is 18.8 Å². The normalized spacial score (nSPS) is 22.0. The molecular formula is C13H10BrFN2O3S. The molecule has 5 nitrogen and oxygen atoms in total. The van der Waals surface area contributed by atoms with E-state index in [1.54, 1.807) is 0 Å². The van der Waals surface area contributed by atoms with Crippen LogP contribution in [0.5, 0.6) is 0 Å². The van der Waals surface area contributed by atoms with Gasteiger partial charge in [-0.2, -0.15) is 0 Å². The molecule has 0 spiro atoms. The molecule has 8 heteroatoms. The van der Waals surface area contributed by atoms with Crippen molar-refractivity contribution < 1.29 is 18.8 Å².